The number of hydrogen-bond donors (Lipinski definition) is 1. The molecule has 0 spiro atoms. The summed E-state index contributed by atoms with van der Waals surface area (Å²) in [7, 11) is 0. The fourth-order valence-corrected chi connectivity index (χ4v) is 2.25. The number of alkyl halides is 3. The molecular weight excluding hydrogens is 223 g/mol. The molecule has 0 saturated heterocycles. The van der Waals surface area contributed by atoms with Crippen molar-refractivity contribution in [3.63, 3.8) is 0 Å². The third-order valence-corrected chi connectivity index (χ3v) is 3.75. The van der Waals surface area contributed by atoms with E-state index in [4.69, 9.17) is 0 Å². The van der Waals surface area contributed by atoms with Crippen molar-refractivity contribution in [3.05, 3.63) is 0 Å². The molecule has 0 aliphatic heterocycles. The Balaban J connectivity index is 3.62. The summed E-state index contributed by atoms with van der Waals surface area (Å²) < 4.78 is 35.5. The van der Waals surface area contributed by atoms with E-state index in [1.54, 1.807) is 11.8 Å². The van der Waals surface area contributed by atoms with E-state index >= 15 is 0 Å². The lowest BCUT2D eigenvalue weighted by Gasteiger charge is -2.20. The second-order valence-electron chi connectivity index (χ2n) is 4.14. The monoisotopic (exact) mass is 243 g/mol. The fourth-order valence-electron chi connectivity index (χ4n) is 0.989. The molecule has 0 aromatic rings. The van der Waals surface area contributed by atoms with Crippen molar-refractivity contribution in [1.82, 2.24) is 5.32 Å². The van der Waals surface area contributed by atoms with E-state index in [0.717, 1.165) is 0 Å². The summed E-state index contributed by atoms with van der Waals surface area (Å²) in [6.45, 7) is 7.80. The lowest BCUT2D eigenvalue weighted by Crippen LogP contribution is -2.33. The molecule has 0 heterocycles. The van der Waals surface area contributed by atoms with Crippen molar-refractivity contribution in [2.45, 2.75) is 44.4 Å². The zero-order valence-electron chi connectivity index (χ0n) is 9.69. The Labute approximate surface area is 94.2 Å². The summed E-state index contributed by atoms with van der Waals surface area (Å²) in [6, 6.07) is 0. The number of halogens is 3. The average molecular weight is 243 g/mol. The van der Waals surface area contributed by atoms with Gasteiger partial charge in [-0.15, -0.1) is 0 Å². The van der Waals surface area contributed by atoms with E-state index in [1.807, 2.05) is 6.92 Å². The first-order valence-corrected chi connectivity index (χ1v) is 6.09. The first-order chi connectivity index (χ1) is 6.72. The van der Waals surface area contributed by atoms with Crippen LogP contribution in [0.3, 0.4) is 0 Å². The van der Waals surface area contributed by atoms with Gasteiger partial charge in [0, 0.05) is 17.0 Å². The number of rotatable bonds is 6. The SMILES string of the molecule is CC(CNCC(F)(F)F)SC(C)C(C)C. The van der Waals surface area contributed by atoms with Crippen LogP contribution in [0, 0.1) is 5.92 Å². The quantitative estimate of drug-likeness (QED) is 0.768. The molecular formula is C10H20F3NS. The zero-order chi connectivity index (χ0) is 12.1. The van der Waals surface area contributed by atoms with Gasteiger partial charge in [0.25, 0.3) is 0 Å². The van der Waals surface area contributed by atoms with Crippen LogP contribution in [-0.2, 0) is 0 Å². The number of hydrogen-bond acceptors (Lipinski definition) is 2. The highest BCUT2D eigenvalue weighted by Crippen LogP contribution is 2.23. The van der Waals surface area contributed by atoms with Crippen LogP contribution in [-0.4, -0.2) is 29.8 Å². The lowest BCUT2D eigenvalue weighted by atomic mass is 10.2. The molecule has 92 valence electrons. The molecule has 1 nitrogen and oxygen atoms in total. The standard InChI is InChI=1S/C10H20F3NS/c1-7(2)9(4)15-8(3)5-14-6-10(11,12)13/h7-9,14H,5-6H2,1-4H3. The molecule has 0 radical (unpaired) electrons. The first-order valence-electron chi connectivity index (χ1n) is 5.15. The molecule has 0 aromatic carbocycles. The van der Waals surface area contributed by atoms with Crippen LogP contribution in [0.4, 0.5) is 13.2 Å². The van der Waals surface area contributed by atoms with Gasteiger partial charge < -0.3 is 5.32 Å². The van der Waals surface area contributed by atoms with Gasteiger partial charge in [0.05, 0.1) is 6.54 Å². The summed E-state index contributed by atoms with van der Waals surface area (Å²) in [5, 5.41) is 3.12. The van der Waals surface area contributed by atoms with E-state index in [0.29, 0.717) is 17.7 Å². The minimum absolute atomic E-state index is 0.213. The van der Waals surface area contributed by atoms with Crippen molar-refractivity contribution in [2.75, 3.05) is 13.1 Å². The van der Waals surface area contributed by atoms with Gasteiger partial charge in [0.1, 0.15) is 0 Å². The highest BCUT2D eigenvalue weighted by atomic mass is 32.2. The minimum Gasteiger partial charge on any atom is -0.308 e. The fraction of sp³-hybridized carbons (Fsp3) is 1.00. The third kappa shape index (κ3) is 9.05. The summed E-state index contributed by atoms with van der Waals surface area (Å²) in [5.74, 6) is 0.556. The van der Waals surface area contributed by atoms with E-state index in [2.05, 4.69) is 26.1 Å². The van der Waals surface area contributed by atoms with Crippen molar-refractivity contribution in [2.24, 2.45) is 5.92 Å². The second-order valence-corrected chi connectivity index (χ2v) is 5.96. The normalized spacial score (nSPS) is 16.8. The van der Waals surface area contributed by atoms with Crippen molar-refractivity contribution >= 4 is 11.8 Å². The van der Waals surface area contributed by atoms with Crippen LogP contribution in [0.25, 0.3) is 0 Å². The Bertz CT molecular complexity index is 171. The molecule has 0 aromatic heterocycles. The molecule has 15 heavy (non-hydrogen) atoms. The van der Waals surface area contributed by atoms with Crippen molar-refractivity contribution in [3.8, 4) is 0 Å². The van der Waals surface area contributed by atoms with Gasteiger partial charge in [-0.05, 0) is 5.92 Å². The first kappa shape index (κ1) is 15.1. The number of thioether (sulfide) groups is 1. The molecule has 0 aliphatic rings. The summed E-state index contributed by atoms with van der Waals surface area (Å²) in [6.07, 6.45) is -4.10. The highest BCUT2D eigenvalue weighted by molar-refractivity contribution is 8.00. The van der Waals surface area contributed by atoms with Gasteiger partial charge in [-0.1, -0.05) is 27.7 Å². The number of nitrogens with one attached hydrogen (secondary N) is 1. The van der Waals surface area contributed by atoms with E-state index in [9.17, 15) is 13.2 Å². The molecule has 0 saturated carbocycles. The maximum absolute atomic E-state index is 11.8. The Hall–Kier alpha value is 0.100. The van der Waals surface area contributed by atoms with Crippen LogP contribution in [0.15, 0.2) is 0 Å². The van der Waals surface area contributed by atoms with Gasteiger partial charge in [0.15, 0.2) is 0 Å². The third-order valence-electron chi connectivity index (χ3n) is 2.14. The lowest BCUT2D eigenvalue weighted by molar-refractivity contribution is -0.124. The zero-order valence-corrected chi connectivity index (χ0v) is 10.5. The van der Waals surface area contributed by atoms with Gasteiger partial charge >= 0.3 is 6.18 Å². The van der Waals surface area contributed by atoms with Gasteiger partial charge in [-0.25, -0.2) is 0 Å². The average Bonchev–Trinajstić information content (AvgIpc) is 2.01. The topological polar surface area (TPSA) is 12.0 Å². The van der Waals surface area contributed by atoms with Crippen molar-refractivity contribution in [1.29, 1.82) is 0 Å². The van der Waals surface area contributed by atoms with E-state index in [1.165, 1.54) is 0 Å². The van der Waals surface area contributed by atoms with Gasteiger partial charge in [0.2, 0.25) is 0 Å². The van der Waals surface area contributed by atoms with Crippen LogP contribution in [0.5, 0.6) is 0 Å². The summed E-state index contributed by atoms with van der Waals surface area (Å²) in [4.78, 5) is 0. The van der Waals surface area contributed by atoms with E-state index in [-0.39, 0.29) is 5.25 Å². The van der Waals surface area contributed by atoms with Crippen LogP contribution >= 0.6 is 11.8 Å². The Morgan fingerprint density at radius 1 is 1.13 bits per heavy atom. The minimum atomic E-state index is -4.10. The molecule has 5 heteroatoms. The summed E-state index contributed by atoms with van der Waals surface area (Å²) in [5.41, 5.74) is 0. The maximum Gasteiger partial charge on any atom is 0.401 e. The molecule has 0 amide bonds. The second kappa shape index (κ2) is 6.63. The largest absolute Gasteiger partial charge is 0.401 e. The molecule has 2 unspecified atom stereocenters. The Morgan fingerprint density at radius 2 is 1.67 bits per heavy atom. The van der Waals surface area contributed by atoms with Gasteiger partial charge in [-0.2, -0.15) is 24.9 Å². The van der Waals surface area contributed by atoms with Gasteiger partial charge in [-0.3, -0.25) is 0 Å². The predicted molar refractivity (Wildman–Crippen MR) is 60.3 cm³/mol. The van der Waals surface area contributed by atoms with E-state index < -0.39 is 12.7 Å². The maximum atomic E-state index is 11.8. The highest BCUT2D eigenvalue weighted by Gasteiger charge is 2.26. The Kier molecular flexibility index (Phi) is 6.68. The van der Waals surface area contributed by atoms with Crippen molar-refractivity contribution < 1.29 is 13.2 Å². The predicted octanol–water partition coefficient (Wildman–Crippen LogP) is 3.30. The molecule has 0 aliphatic carbocycles. The molecule has 0 fully saturated rings. The van der Waals surface area contributed by atoms with Crippen LogP contribution in [0.2, 0.25) is 0 Å². The Morgan fingerprint density at radius 3 is 2.07 bits per heavy atom. The van der Waals surface area contributed by atoms with Crippen LogP contribution in [0.1, 0.15) is 27.7 Å². The molecule has 1 N–H and O–H groups in total. The smallest absolute Gasteiger partial charge is 0.308 e. The van der Waals surface area contributed by atoms with Crippen LogP contribution < -0.4 is 5.32 Å². The molecule has 0 bridgehead atoms. The summed E-state index contributed by atoms with van der Waals surface area (Å²) >= 11 is 1.73. The molecule has 0 rings (SSSR count). The molecule has 2 atom stereocenters.